The molecule has 7 nitrogen and oxygen atoms in total. The summed E-state index contributed by atoms with van der Waals surface area (Å²) in [6.45, 7) is 0. The minimum Gasteiger partial charge on any atom is -0.481 e. The monoisotopic (exact) mass is 465 g/mol. The molecule has 0 radical (unpaired) electrons. The lowest BCUT2D eigenvalue weighted by Gasteiger charge is -2.08. The summed E-state index contributed by atoms with van der Waals surface area (Å²) in [6.07, 6.45) is 5.51. The van der Waals surface area contributed by atoms with E-state index in [1.807, 2.05) is 41.2 Å². The first-order valence-corrected chi connectivity index (χ1v) is 10.9. The fraction of sp³-hybridized carbons (Fsp3) is 0.0741. The molecule has 0 spiro atoms. The van der Waals surface area contributed by atoms with Gasteiger partial charge in [-0.05, 0) is 53.6 Å². The summed E-state index contributed by atoms with van der Waals surface area (Å²) in [6, 6.07) is 18.3. The van der Waals surface area contributed by atoms with Crippen LogP contribution in [0.15, 0.2) is 79.4 Å². The molecule has 0 fully saturated rings. The van der Waals surface area contributed by atoms with Crippen LogP contribution >= 0.6 is 0 Å². The predicted octanol–water partition coefficient (Wildman–Crippen LogP) is 5.79. The van der Waals surface area contributed by atoms with Gasteiger partial charge in [0.25, 0.3) is 0 Å². The minimum absolute atomic E-state index is 0.273. The number of aromatic nitrogens is 5. The SMILES string of the molecule is COc1cc(-c2cnc3[nH]cc(-c4ccc5ncn(-c6ccc(F)cc6)c5c4)c3c2)cc(OC)n1. The van der Waals surface area contributed by atoms with Crippen LogP contribution in [-0.2, 0) is 0 Å². The number of pyridine rings is 2. The Morgan fingerprint density at radius 3 is 2.34 bits per heavy atom. The van der Waals surface area contributed by atoms with Crippen LogP contribution in [0.4, 0.5) is 4.39 Å². The first-order chi connectivity index (χ1) is 17.1. The Morgan fingerprint density at radius 2 is 1.60 bits per heavy atom. The number of hydrogen-bond donors (Lipinski definition) is 1. The lowest BCUT2D eigenvalue weighted by molar-refractivity contribution is 0.365. The summed E-state index contributed by atoms with van der Waals surface area (Å²) in [5.74, 6) is 0.659. The highest BCUT2D eigenvalue weighted by Crippen LogP contribution is 2.34. The van der Waals surface area contributed by atoms with Crippen molar-refractivity contribution >= 4 is 22.1 Å². The molecule has 4 aromatic heterocycles. The summed E-state index contributed by atoms with van der Waals surface area (Å²) in [5.41, 5.74) is 7.23. The summed E-state index contributed by atoms with van der Waals surface area (Å²) >= 11 is 0. The first-order valence-electron chi connectivity index (χ1n) is 10.9. The van der Waals surface area contributed by atoms with Crippen LogP contribution in [0.2, 0.25) is 0 Å². The molecule has 8 heteroatoms. The largest absolute Gasteiger partial charge is 0.481 e. The van der Waals surface area contributed by atoms with Crippen molar-refractivity contribution in [1.29, 1.82) is 0 Å². The number of hydrogen-bond acceptors (Lipinski definition) is 5. The number of rotatable bonds is 5. The maximum absolute atomic E-state index is 13.4. The van der Waals surface area contributed by atoms with Gasteiger partial charge in [0.1, 0.15) is 17.8 Å². The average molecular weight is 465 g/mol. The van der Waals surface area contributed by atoms with E-state index in [4.69, 9.17) is 9.47 Å². The highest BCUT2D eigenvalue weighted by Gasteiger charge is 2.13. The van der Waals surface area contributed by atoms with Crippen LogP contribution < -0.4 is 9.47 Å². The topological polar surface area (TPSA) is 77.8 Å². The Hall–Kier alpha value is -4.72. The van der Waals surface area contributed by atoms with Crippen molar-refractivity contribution in [3.63, 3.8) is 0 Å². The van der Waals surface area contributed by atoms with Gasteiger partial charge in [-0.3, -0.25) is 4.57 Å². The summed E-state index contributed by atoms with van der Waals surface area (Å²) in [5, 5.41) is 0.976. The molecule has 0 bridgehead atoms. The molecule has 2 aromatic carbocycles. The van der Waals surface area contributed by atoms with Crippen molar-refractivity contribution in [2.24, 2.45) is 0 Å². The van der Waals surface area contributed by atoms with E-state index in [0.29, 0.717) is 11.8 Å². The van der Waals surface area contributed by atoms with Crippen LogP contribution in [-0.4, -0.2) is 38.7 Å². The van der Waals surface area contributed by atoms with E-state index < -0.39 is 0 Å². The van der Waals surface area contributed by atoms with Crippen molar-refractivity contribution in [2.45, 2.75) is 0 Å². The zero-order valence-corrected chi connectivity index (χ0v) is 19.0. The van der Waals surface area contributed by atoms with E-state index in [2.05, 4.69) is 32.1 Å². The van der Waals surface area contributed by atoms with Gasteiger partial charge >= 0.3 is 0 Å². The third kappa shape index (κ3) is 3.65. The molecule has 0 saturated heterocycles. The van der Waals surface area contributed by atoms with Gasteiger partial charge < -0.3 is 14.5 Å². The second-order valence-electron chi connectivity index (χ2n) is 8.06. The second kappa shape index (κ2) is 8.25. The second-order valence-corrected chi connectivity index (χ2v) is 8.06. The number of ether oxygens (including phenoxy) is 2. The third-order valence-electron chi connectivity index (χ3n) is 6.02. The smallest absolute Gasteiger partial charge is 0.216 e. The number of benzene rings is 2. The fourth-order valence-electron chi connectivity index (χ4n) is 4.24. The number of imidazole rings is 1. The summed E-state index contributed by atoms with van der Waals surface area (Å²) in [7, 11) is 3.15. The van der Waals surface area contributed by atoms with Gasteiger partial charge in [-0.1, -0.05) is 6.07 Å². The number of aromatic amines is 1. The molecule has 0 atom stereocenters. The molecule has 0 saturated carbocycles. The Kier molecular flexibility index (Phi) is 4.92. The molecular formula is C27H20FN5O2. The number of fused-ring (bicyclic) bond motifs is 2. The van der Waals surface area contributed by atoms with Crippen molar-refractivity contribution in [2.75, 3.05) is 14.2 Å². The van der Waals surface area contributed by atoms with Gasteiger partial charge in [0, 0.05) is 46.7 Å². The quantitative estimate of drug-likeness (QED) is 0.349. The summed E-state index contributed by atoms with van der Waals surface area (Å²) in [4.78, 5) is 16.7. The highest BCUT2D eigenvalue weighted by molar-refractivity contribution is 5.97. The molecule has 35 heavy (non-hydrogen) atoms. The van der Waals surface area contributed by atoms with Crippen molar-refractivity contribution in [1.82, 2.24) is 24.5 Å². The molecule has 0 aliphatic carbocycles. The number of methoxy groups -OCH3 is 2. The van der Waals surface area contributed by atoms with E-state index in [1.165, 1.54) is 12.1 Å². The summed E-state index contributed by atoms with van der Waals surface area (Å²) < 4.78 is 26.0. The number of halogens is 1. The van der Waals surface area contributed by atoms with Gasteiger partial charge in [-0.2, -0.15) is 4.98 Å². The maximum atomic E-state index is 13.4. The zero-order chi connectivity index (χ0) is 23.9. The Morgan fingerprint density at radius 1 is 0.829 bits per heavy atom. The van der Waals surface area contributed by atoms with Crippen LogP contribution in [0.25, 0.3) is 50.0 Å². The van der Waals surface area contributed by atoms with E-state index >= 15 is 0 Å². The van der Waals surface area contributed by atoms with Gasteiger partial charge in [0.15, 0.2) is 0 Å². The molecule has 0 aliphatic heterocycles. The first kappa shape index (κ1) is 20.9. The van der Waals surface area contributed by atoms with Crippen LogP contribution in [0, 0.1) is 5.82 Å². The highest BCUT2D eigenvalue weighted by atomic mass is 19.1. The van der Waals surface area contributed by atoms with E-state index in [0.717, 1.165) is 50.0 Å². The average Bonchev–Trinajstić information content (AvgIpc) is 3.52. The molecule has 0 unspecified atom stereocenters. The number of H-pyrrole nitrogens is 1. The Bertz CT molecular complexity index is 1670. The molecule has 4 heterocycles. The van der Waals surface area contributed by atoms with E-state index in [1.54, 1.807) is 32.7 Å². The number of nitrogens with one attached hydrogen (secondary N) is 1. The standard InChI is InChI=1S/C27H20FN5O2/c1-34-25-11-17(12-26(32-25)35-2)18-9-21-22(14-30-27(21)29-13-18)16-3-8-23-24(10-16)33(15-31-23)20-6-4-19(28)5-7-20/h3-15H,1-2H3,(H,29,30). The maximum Gasteiger partial charge on any atom is 0.216 e. The Balaban J connectivity index is 1.47. The molecule has 6 aromatic rings. The molecule has 6 rings (SSSR count). The lowest BCUT2D eigenvalue weighted by atomic mass is 10.0. The molecular weight excluding hydrogens is 445 g/mol. The molecule has 1 N–H and O–H groups in total. The van der Waals surface area contributed by atoms with Crippen molar-refractivity contribution < 1.29 is 13.9 Å². The van der Waals surface area contributed by atoms with E-state index in [9.17, 15) is 4.39 Å². The number of nitrogens with zero attached hydrogens (tertiary/aromatic N) is 4. The van der Waals surface area contributed by atoms with Gasteiger partial charge in [-0.15, -0.1) is 0 Å². The van der Waals surface area contributed by atoms with Crippen molar-refractivity contribution in [3.05, 3.63) is 85.2 Å². The van der Waals surface area contributed by atoms with Crippen LogP contribution in [0.5, 0.6) is 11.8 Å². The molecule has 0 aliphatic rings. The Labute approximate surface area is 199 Å². The van der Waals surface area contributed by atoms with Crippen LogP contribution in [0.1, 0.15) is 0 Å². The third-order valence-corrected chi connectivity index (χ3v) is 6.02. The lowest BCUT2D eigenvalue weighted by Crippen LogP contribution is -1.93. The van der Waals surface area contributed by atoms with E-state index in [-0.39, 0.29) is 5.82 Å². The van der Waals surface area contributed by atoms with Gasteiger partial charge in [-0.25, -0.2) is 14.4 Å². The van der Waals surface area contributed by atoms with Gasteiger partial charge in [0.05, 0.1) is 25.3 Å². The normalized spacial score (nSPS) is 11.3. The molecule has 172 valence electrons. The fourth-order valence-corrected chi connectivity index (χ4v) is 4.24. The zero-order valence-electron chi connectivity index (χ0n) is 19.0. The van der Waals surface area contributed by atoms with Crippen molar-refractivity contribution in [3.8, 4) is 39.7 Å². The predicted molar refractivity (Wildman–Crippen MR) is 132 cm³/mol. The van der Waals surface area contributed by atoms with Gasteiger partial charge in [0.2, 0.25) is 11.8 Å². The van der Waals surface area contributed by atoms with Crippen LogP contribution in [0.3, 0.4) is 0 Å². The minimum atomic E-state index is -0.273. The molecule has 0 amide bonds.